The second-order valence-corrected chi connectivity index (χ2v) is 5.18. The number of nitrogens with one attached hydrogen (secondary N) is 2. The van der Waals surface area contributed by atoms with Gasteiger partial charge >= 0.3 is 5.76 Å². The summed E-state index contributed by atoms with van der Waals surface area (Å²) in [5, 5.41) is 3.10. The number of sulfonamides is 1. The first-order valence-corrected chi connectivity index (χ1v) is 5.99. The zero-order valence-electron chi connectivity index (χ0n) is 7.83. The molecule has 1 aliphatic rings. The van der Waals surface area contributed by atoms with Crippen LogP contribution in [0, 0.1) is 0 Å². The minimum Gasteiger partial charge on any atom is -0.314 e. The SMILES string of the molecule is CC1CC(NS(=O)(=O)C(F)F)CCN1. The molecule has 0 aromatic rings. The van der Waals surface area contributed by atoms with Gasteiger partial charge in [0, 0.05) is 12.1 Å². The van der Waals surface area contributed by atoms with Crippen molar-refractivity contribution in [3.05, 3.63) is 0 Å². The van der Waals surface area contributed by atoms with Crippen LogP contribution in [0.3, 0.4) is 0 Å². The average Bonchev–Trinajstić information content (AvgIpc) is 2.02. The van der Waals surface area contributed by atoms with E-state index in [9.17, 15) is 17.2 Å². The van der Waals surface area contributed by atoms with Crippen molar-refractivity contribution in [2.75, 3.05) is 6.54 Å². The molecule has 1 heterocycles. The second-order valence-electron chi connectivity index (χ2n) is 3.50. The number of hydrogen-bond acceptors (Lipinski definition) is 3. The number of piperidine rings is 1. The lowest BCUT2D eigenvalue weighted by atomic mass is 10.0. The Morgan fingerprint density at radius 3 is 2.64 bits per heavy atom. The first kappa shape index (κ1) is 11.8. The van der Waals surface area contributed by atoms with Crippen molar-refractivity contribution in [2.24, 2.45) is 0 Å². The lowest BCUT2D eigenvalue weighted by Crippen LogP contribution is -2.47. The van der Waals surface area contributed by atoms with Crippen molar-refractivity contribution >= 4 is 10.0 Å². The molecule has 0 aromatic carbocycles. The third-order valence-electron chi connectivity index (χ3n) is 2.19. The van der Waals surface area contributed by atoms with E-state index in [-0.39, 0.29) is 12.1 Å². The minimum absolute atomic E-state index is 0.161. The predicted molar refractivity (Wildman–Crippen MR) is 48.5 cm³/mol. The van der Waals surface area contributed by atoms with E-state index < -0.39 is 15.8 Å². The molecule has 2 atom stereocenters. The van der Waals surface area contributed by atoms with E-state index in [4.69, 9.17) is 0 Å². The second kappa shape index (κ2) is 4.50. The van der Waals surface area contributed by atoms with Gasteiger partial charge in [0.1, 0.15) is 0 Å². The highest BCUT2D eigenvalue weighted by Gasteiger charge is 2.29. The smallest absolute Gasteiger partial charge is 0.314 e. The highest BCUT2D eigenvalue weighted by Crippen LogP contribution is 2.11. The Hall–Kier alpha value is -0.270. The molecule has 0 aliphatic carbocycles. The van der Waals surface area contributed by atoms with Gasteiger partial charge in [0.15, 0.2) is 0 Å². The maximum absolute atomic E-state index is 12.0. The molecule has 0 saturated carbocycles. The van der Waals surface area contributed by atoms with Gasteiger partial charge in [-0.1, -0.05) is 0 Å². The molecule has 0 bridgehead atoms. The van der Waals surface area contributed by atoms with Crippen molar-refractivity contribution < 1.29 is 17.2 Å². The number of halogens is 2. The summed E-state index contributed by atoms with van der Waals surface area (Å²) in [4.78, 5) is 0. The Balaban J connectivity index is 2.52. The van der Waals surface area contributed by atoms with E-state index >= 15 is 0 Å². The fraction of sp³-hybridized carbons (Fsp3) is 1.00. The fourth-order valence-corrected chi connectivity index (χ4v) is 2.30. The topological polar surface area (TPSA) is 58.2 Å². The van der Waals surface area contributed by atoms with E-state index in [2.05, 4.69) is 5.32 Å². The van der Waals surface area contributed by atoms with Crippen molar-refractivity contribution in [1.29, 1.82) is 0 Å². The lowest BCUT2D eigenvalue weighted by molar-refractivity contribution is 0.229. The molecule has 2 N–H and O–H groups in total. The van der Waals surface area contributed by atoms with Crippen LogP contribution < -0.4 is 10.0 Å². The van der Waals surface area contributed by atoms with Crippen LogP contribution in [0.25, 0.3) is 0 Å². The van der Waals surface area contributed by atoms with Crippen LogP contribution >= 0.6 is 0 Å². The Labute approximate surface area is 82.1 Å². The van der Waals surface area contributed by atoms with Gasteiger partial charge in [-0.2, -0.15) is 8.78 Å². The monoisotopic (exact) mass is 228 g/mol. The quantitative estimate of drug-likeness (QED) is 0.729. The van der Waals surface area contributed by atoms with Crippen molar-refractivity contribution in [3.63, 3.8) is 0 Å². The van der Waals surface area contributed by atoms with Gasteiger partial charge < -0.3 is 5.32 Å². The van der Waals surface area contributed by atoms with Crippen molar-refractivity contribution in [2.45, 2.75) is 37.6 Å². The Morgan fingerprint density at radius 2 is 2.14 bits per heavy atom. The minimum atomic E-state index is -4.43. The molecule has 0 amide bonds. The van der Waals surface area contributed by atoms with E-state index in [0.717, 1.165) is 0 Å². The molecule has 7 heteroatoms. The maximum Gasteiger partial charge on any atom is 0.350 e. The van der Waals surface area contributed by atoms with Crippen LogP contribution in [0.1, 0.15) is 19.8 Å². The number of alkyl halides is 2. The number of rotatable bonds is 3. The molecule has 0 spiro atoms. The summed E-state index contributed by atoms with van der Waals surface area (Å²) in [5.74, 6) is -3.34. The highest BCUT2D eigenvalue weighted by atomic mass is 32.2. The first-order valence-electron chi connectivity index (χ1n) is 4.44. The Kier molecular flexibility index (Phi) is 3.79. The van der Waals surface area contributed by atoms with E-state index in [1.807, 2.05) is 11.6 Å². The fourth-order valence-electron chi connectivity index (χ4n) is 1.52. The van der Waals surface area contributed by atoms with E-state index in [0.29, 0.717) is 19.4 Å². The van der Waals surface area contributed by atoms with Crippen LogP contribution in [0.15, 0.2) is 0 Å². The summed E-state index contributed by atoms with van der Waals surface area (Å²) in [6, 6.07) is -0.209. The van der Waals surface area contributed by atoms with Gasteiger partial charge in [-0.3, -0.25) is 0 Å². The summed E-state index contributed by atoms with van der Waals surface area (Å²) in [5.41, 5.74) is 0. The summed E-state index contributed by atoms with van der Waals surface area (Å²) in [6.45, 7) is 2.54. The van der Waals surface area contributed by atoms with Gasteiger partial charge in [-0.15, -0.1) is 0 Å². The summed E-state index contributed by atoms with van der Waals surface area (Å²) in [7, 11) is -4.43. The molecular formula is C7H14F2N2O2S. The van der Waals surface area contributed by atoms with E-state index in [1.165, 1.54) is 0 Å². The lowest BCUT2D eigenvalue weighted by Gasteiger charge is -2.28. The molecule has 1 fully saturated rings. The third kappa shape index (κ3) is 3.14. The molecule has 1 saturated heterocycles. The van der Waals surface area contributed by atoms with Crippen LogP contribution in [0.4, 0.5) is 8.78 Å². The zero-order valence-corrected chi connectivity index (χ0v) is 8.65. The van der Waals surface area contributed by atoms with Crippen LogP contribution in [0.5, 0.6) is 0 Å². The standard InChI is InChI=1S/C7H14F2N2O2S/c1-5-4-6(2-3-10-5)11-14(12,13)7(8)9/h5-7,10-11H,2-4H2,1H3. The van der Waals surface area contributed by atoms with Gasteiger partial charge in [-0.05, 0) is 26.3 Å². The molecule has 2 unspecified atom stereocenters. The van der Waals surface area contributed by atoms with E-state index in [1.54, 1.807) is 0 Å². The highest BCUT2D eigenvalue weighted by molar-refractivity contribution is 7.89. The molecule has 14 heavy (non-hydrogen) atoms. The van der Waals surface area contributed by atoms with Gasteiger partial charge in [0.2, 0.25) is 0 Å². The van der Waals surface area contributed by atoms with Crippen molar-refractivity contribution in [1.82, 2.24) is 10.0 Å². The summed E-state index contributed by atoms with van der Waals surface area (Å²) < 4.78 is 47.7. The van der Waals surface area contributed by atoms with Gasteiger partial charge in [0.05, 0.1) is 0 Å². The molecule has 84 valence electrons. The molecule has 4 nitrogen and oxygen atoms in total. The number of hydrogen-bond donors (Lipinski definition) is 2. The van der Waals surface area contributed by atoms with Crippen molar-refractivity contribution in [3.8, 4) is 0 Å². The molecule has 0 aromatic heterocycles. The van der Waals surface area contributed by atoms with Crippen LogP contribution in [0.2, 0.25) is 0 Å². The average molecular weight is 228 g/mol. The molecule has 1 aliphatic heterocycles. The van der Waals surface area contributed by atoms with Crippen LogP contribution in [-0.2, 0) is 10.0 Å². The molecule has 1 rings (SSSR count). The Morgan fingerprint density at radius 1 is 1.50 bits per heavy atom. The Bertz CT molecular complexity index is 281. The zero-order chi connectivity index (χ0) is 10.8. The van der Waals surface area contributed by atoms with Crippen LogP contribution in [-0.4, -0.2) is 32.8 Å². The molecular weight excluding hydrogens is 214 g/mol. The third-order valence-corrected chi connectivity index (χ3v) is 3.32. The first-order chi connectivity index (χ1) is 6.42. The van der Waals surface area contributed by atoms with Gasteiger partial charge in [-0.25, -0.2) is 13.1 Å². The maximum atomic E-state index is 12.0. The predicted octanol–water partition coefficient (Wildman–Crippen LogP) is 0.269. The molecule has 0 radical (unpaired) electrons. The summed E-state index contributed by atoms with van der Waals surface area (Å²) in [6.07, 6.45) is 1.10. The normalized spacial score (nSPS) is 29.4. The summed E-state index contributed by atoms with van der Waals surface area (Å²) >= 11 is 0. The largest absolute Gasteiger partial charge is 0.350 e. The van der Waals surface area contributed by atoms with Gasteiger partial charge in [0.25, 0.3) is 10.0 Å².